The van der Waals surface area contributed by atoms with Gasteiger partial charge in [-0.2, -0.15) is 0 Å². The summed E-state index contributed by atoms with van der Waals surface area (Å²) < 4.78 is 0.908. The number of nitrogens with two attached hydrogens (primary N) is 1. The van der Waals surface area contributed by atoms with Gasteiger partial charge in [-0.15, -0.1) is 0 Å². The number of urea groups is 1. The molecule has 0 atom stereocenters. The minimum atomic E-state index is -0.628. The number of fused-ring (bicyclic) bond motifs is 1. The zero-order chi connectivity index (χ0) is 10.8. The summed E-state index contributed by atoms with van der Waals surface area (Å²) in [5.74, 6) is 0. The van der Waals surface area contributed by atoms with E-state index in [4.69, 9.17) is 10.8 Å². The number of aromatic nitrogens is 1. The van der Waals surface area contributed by atoms with Crippen molar-refractivity contribution in [3.8, 4) is 0 Å². The number of anilines is 1. The van der Waals surface area contributed by atoms with Gasteiger partial charge in [0.2, 0.25) is 0 Å². The molecule has 2 amide bonds. The van der Waals surface area contributed by atoms with Crippen molar-refractivity contribution in [2.75, 3.05) is 5.32 Å². The lowest BCUT2D eigenvalue weighted by atomic mass is 10.2. The number of nitrogens with zero attached hydrogens (tertiary/aromatic N) is 1. The highest BCUT2D eigenvalue weighted by Crippen LogP contribution is 2.26. The molecule has 0 unspecified atom stereocenters. The number of nitrogens with one attached hydrogen (secondary N) is 1. The number of aliphatic hydroxyl groups excluding tert-OH is 1. The van der Waals surface area contributed by atoms with Crippen molar-refractivity contribution in [1.29, 1.82) is 0 Å². The fraction of sp³-hybridized carbons (Fsp3) is 0.111. The quantitative estimate of drug-likeness (QED) is 0.716. The average molecular weight is 223 g/mol. The van der Waals surface area contributed by atoms with Gasteiger partial charge in [-0.25, -0.2) is 9.78 Å². The van der Waals surface area contributed by atoms with Crippen molar-refractivity contribution in [2.24, 2.45) is 5.73 Å². The van der Waals surface area contributed by atoms with Crippen LogP contribution in [0.1, 0.15) is 5.56 Å². The van der Waals surface area contributed by atoms with E-state index in [0.717, 1.165) is 15.8 Å². The number of amides is 2. The van der Waals surface area contributed by atoms with E-state index in [1.54, 1.807) is 12.1 Å². The predicted molar refractivity (Wildman–Crippen MR) is 58.7 cm³/mol. The summed E-state index contributed by atoms with van der Waals surface area (Å²) in [6, 6.07) is 4.79. The van der Waals surface area contributed by atoms with Gasteiger partial charge < -0.3 is 10.8 Å². The van der Waals surface area contributed by atoms with E-state index in [0.29, 0.717) is 5.13 Å². The van der Waals surface area contributed by atoms with Crippen LogP contribution in [0.2, 0.25) is 0 Å². The molecule has 0 spiro atoms. The Balaban J connectivity index is 2.42. The molecule has 0 saturated carbocycles. The Labute approximate surface area is 89.5 Å². The fourth-order valence-corrected chi connectivity index (χ4v) is 2.16. The average Bonchev–Trinajstić information content (AvgIpc) is 2.57. The first-order chi connectivity index (χ1) is 7.19. The summed E-state index contributed by atoms with van der Waals surface area (Å²) in [5, 5.41) is 11.8. The third kappa shape index (κ3) is 2.05. The van der Waals surface area contributed by atoms with E-state index < -0.39 is 6.03 Å². The Bertz CT molecular complexity index is 509. The largest absolute Gasteiger partial charge is 0.392 e. The number of carbonyl (C=O) groups excluding carboxylic acids is 1. The van der Waals surface area contributed by atoms with Crippen LogP contribution in [0.15, 0.2) is 18.2 Å². The number of hydrogen-bond acceptors (Lipinski definition) is 4. The van der Waals surface area contributed by atoms with Gasteiger partial charge in [-0.05, 0) is 17.7 Å². The summed E-state index contributed by atoms with van der Waals surface area (Å²) in [4.78, 5) is 14.8. The molecule has 0 aliphatic rings. The lowest BCUT2D eigenvalue weighted by molar-refractivity contribution is 0.259. The van der Waals surface area contributed by atoms with Crippen molar-refractivity contribution in [3.05, 3.63) is 23.8 Å². The second kappa shape index (κ2) is 3.84. The first-order valence-corrected chi connectivity index (χ1v) is 5.07. The van der Waals surface area contributed by atoms with Crippen LogP contribution in [0.5, 0.6) is 0 Å². The summed E-state index contributed by atoms with van der Waals surface area (Å²) in [7, 11) is 0. The lowest BCUT2D eigenvalue weighted by Crippen LogP contribution is -2.18. The lowest BCUT2D eigenvalue weighted by Gasteiger charge is -1.92. The number of carbonyl (C=O) groups is 1. The molecular formula is C9H9N3O2S. The molecule has 2 aromatic rings. The molecule has 0 aliphatic heterocycles. The monoisotopic (exact) mass is 223 g/mol. The van der Waals surface area contributed by atoms with Gasteiger partial charge in [0.25, 0.3) is 0 Å². The molecule has 6 heteroatoms. The highest BCUT2D eigenvalue weighted by Gasteiger charge is 2.05. The molecule has 4 N–H and O–H groups in total. The zero-order valence-electron chi connectivity index (χ0n) is 7.73. The molecule has 0 saturated heterocycles. The van der Waals surface area contributed by atoms with Crippen LogP contribution >= 0.6 is 11.3 Å². The van der Waals surface area contributed by atoms with Crippen LogP contribution in [0, 0.1) is 0 Å². The van der Waals surface area contributed by atoms with Crippen LogP contribution in [0.3, 0.4) is 0 Å². The second-order valence-corrected chi connectivity index (χ2v) is 4.00. The molecule has 5 nitrogen and oxygen atoms in total. The number of primary amides is 1. The first-order valence-electron chi connectivity index (χ1n) is 4.26. The van der Waals surface area contributed by atoms with E-state index >= 15 is 0 Å². The Kier molecular flexibility index (Phi) is 2.53. The number of hydrogen-bond donors (Lipinski definition) is 3. The van der Waals surface area contributed by atoms with Crippen molar-refractivity contribution < 1.29 is 9.90 Å². The van der Waals surface area contributed by atoms with Gasteiger partial charge in [0.05, 0.1) is 16.8 Å². The molecule has 15 heavy (non-hydrogen) atoms. The Morgan fingerprint density at radius 3 is 3.07 bits per heavy atom. The summed E-state index contributed by atoms with van der Waals surface area (Å²) in [6.45, 7) is -0.00752. The minimum Gasteiger partial charge on any atom is -0.392 e. The second-order valence-electron chi connectivity index (χ2n) is 2.97. The van der Waals surface area contributed by atoms with Gasteiger partial charge in [0.15, 0.2) is 5.13 Å². The Morgan fingerprint density at radius 2 is 2.40 bits per heavy atom. The molecule has 1 aromatic carbocycles. The minimum absolute atomic E-state index is 0.00752. The molecule has 1 aromatic heterocycles. The van der Waals surface area contributed by atoms with Crippen LogP contribution in [-0.2, 0) is 6.61 Å². The molecular weight excluding hydrogens is 214 g/mol. The van der Waals surface area contributed by atoms with Crippen molar-refractivity contribution in [2.45, 2.75) is 6.61 Å². The van der Waals surface area contributed by atoms with Gasteiger partial charge in [0.1, 0.15) is 0 Å². The molecule has 1 heterocycles. The summed E-state index contributed by atoms with van der Waals surface area (Å²) in [5.41, 5.74) is 6.57. The van der Waals surface area contributed by atoms with Gasteiger partial charge >= 0.3 is 6.03 Å². The number of rotatable bonds is 2. The smallest absolute Gasteiger partial charge is 0.318 e. The number of aliphatic hydroxyl groups is 1. The van der Waals surface area contributed by atoms with E-state index in [-0.39, 0.29) is 6.61 Å². The summed E-state index contributed by atoms with van der Waals surface area (Å²) in [6.07, 6.45) is 0. The Morgan fingerprint density at radius 1 is 1.60 bits per heavy atom. The maximum Gasteiger partial charge on any atom is 0.318 e. The van der Waals surface area contributed by atoms with Crippen LogP contribution in [0.25, 0.3) is 10.2 Å². The molecule has 2 rings (SSSR count). The molecule has 78 valence electrons. The first kappa shape index (κ1) is 9.88. The highest BCUT2D eigenvalue weighted by molar-refractivity contribution is 7.22. The maximum absolute atomic E-state index is 10.6. The maximum atomic E-state index is 10.6. The Hall–Kier alpha value is -1.66. The fourth-order valence-electron chi connectivity index (χ4n) is 1.23. The van der Waals surface area contributed by atoms with Crippen LogP contribution in [-0.4, -0.2) is 16.1 Å². The third-order valence-electron chi connectivity index (χ3n) is 1.87. The van der Waals surface area contributed by atoms with Crippen molar-refractivity contribution in [3.63, 3.8) is 0 Å². The number of benzene rings is 1. The van der Waals surface area contributed by atoms with E-state index in [9.17, 15) is 4.79 Å². The van der Waals surface area contributed by atoms with Crippen LogP contribution < -0.4 is 11.1 Å². The number of thiazole rings is 1. The molecule has 0 bridgehead atoms. The van der Waals surface area contributed by atoms with E-state index in [1.165, 1.54) is 11.3 Å². The van der Waals surface area contributed by atoms with Gasteiger partial charge in [-0.3, -0.25) is 5.32 Å². The van der Waals surface area contributed by atoms with Gasteiger partial charge in [-0.1, -0.05) is 17.4 Å². The van der Waals surface area contributed by atoms with E-state index in [1.807, 2.05) is 6.07 Å². The van der Waals surface area contributed by atoms with Gasteiger partial charge in [0, 0.05) is 0 Å². The zero-order valence-corrected chi connectivity index (χ0v) is 8.54. The van der Waals surface area contributed by atoms with Crippen molar-refractivity contribution in [1.82, 2.24) is 4.98 Å². The molecule has 0 fully saturated rings. The molecule has 0 aliphatic carbocycles. The SMILES string of the molecule is NC(=O)Nc1nc2ccc(CO)cc2s1. The van der Waals surface area contributed by atoms with E-state index in [2.05, 4.69) is 10.3 Å². The summed E-state index contributed by atoms with van der Waals surface area (Å²) >= 11 is 1.32. The van der Waals surface area contributed by atoms with Crippen molar-refractivity contribution >= 4 is 32.7 Å². The molecule has 0 radical (unpaired) electrons. The topological polar surface area (TPSA) is 88.2 Å². The van der Waals surface area contributed by atoms with Crippen LogP contribution in [0.4, 0.5) is 9.93 Å². The predicted octanol–water partition coefficient (Wildman–Crippen LogP) is 1.28. The normalized spacial score (nSPS) is 10.5. The standard InChI is InChI=1S/C9H9N3O2S/c10-8(14)12-9-11-6-2-1-5(4-13)3-7(6)15-9/h1-3,13H,4H2,(H3,10,11,12,14). The third-order valence-corrected chi connectivity index (χ3v) is 2.80. The highest BCUT2D eigenvalue weighted by atomic mass is 32.1.